The van der Waals surface area contributed by atoms with Gasteiger partial charge in [-0.05, 0) is 38.7 Å². The highest BCUT2D eigenvalue weighted by molar-refractivity contribution is 6.06. The van der Waals surface area contributed by atoms with Crippen LogP contribution < -0.4 is 5.63 Å². The lowest BCUT2D eigenvalue weighted by Crippen LogP contribution is -2.17. The fourth-order valence-corrected chi connectivity index (χ4v) is 2.63. The molecule has 0 aliphatic heterocycles. The minimum absolute atomic E-state index is 0.0794. The Labute approximate surface area is 122 Å². The minimum Gasteiger partial charge on any atom is -0.508 e. The monoisotopic (exact) mass is 283 g/mol. The van der Waals surface area contributed by atoms with Crippen LogP contribution in [0.2, 0.25) is 0 Å². The molecule has 4 heteroatoms. The molecule has 0 unspecified atom stereocenters. The number of hydrogen-bond donors (Lipinski definition) is 1. The normalized spacial score (nSPS) is 13.1. The highest BCUT2D eigenvalue weighted by atomic mass is 16.4. The van der Waals surface area contributed by atoms with Gasteiger partial charge in [-0.2, -0.15) is 0 Å². The number of phenols is 1. The van der Waals surface area contributed by atoms with E-state index in [2.05, 4.69) is 0 Å². The highest BCUT2D eigenvalue weighted by Gasteiger charge is 2.17. The van der Waals surface area contributed by atoms with Crippen molar-refractivity contribution in [2.24, 2.45) is 0 Å². The molecule has 21 heavy (non-hydrogen) atoms. The fourth-order valence-electron chi connectivity index (χ4n) is 2.63. The van der Waals surface area contributed by atoms with Gasteiger partial charge >= 0.3 is 5.63 Å². The number of rotatable bonds is 2. The lowest BCUT2D eigenvalue weighted by atomic mass is 9.97. The summed E-state index contributed by atoms with van der Waals surface area (Å²) in [5.41, 5.74) is 0.976. The van der Waals surface area contributed by atoms with Gasteiger partial charge in [0.1, 0.15) is 11.3 Å². The zero-order chi connectivity index (χ0) is 15.1. The van der Waals surface area contributed by atoms with Crippen LogP contribution in [-0.2, 0) is 0 Å². The van der Waals surface area contributed by atoms with Gasteiger partial charge in [0.25, 0.3) is 0 Å². The Bertz CT molecular complexity index is 880. The molecule has 0 saturated heterocycles. The summed E-state index contributed by atoms with van der Waals surface area (Å²) in [6, 6.07) is 10.7. The van der Waals surface area contributed by atoms with Crippen LogP contribution in [0.25, 0.3) is 21.7 Å². The van der Waals surface area contributed by atoms with Gasteiger partial charge in [0, 0.05) is 22.9 Å². The zero-order valence-corrected chi connectivity index (χ0v) is 12.3. The average molecular weight is 283 g/mol. The van der Waals surface area contributed by atoms with Gasteiger partial charge in [0.05, 0.1) is 5.39 Å². The van der Waals surface area contributed by atoms with E-state index in [-0.39, 0.29) is 17.4 Å². The van der Waals surface area contributed by atoms with Crippen LogP contribution in [-0.4, -0.2) is 24.1 Å². The lowest BCUT2D eigenvalue weighted by molar-refractivity contribution is 0.322. The van der Waals surface area contributed by atoms with Crippen LogP contribution in [0.3, 0.4) is 0 Å². The van der Waals surface area contributed by atoms with Crippen LogP contribution in [0.5, 0.6) is 5.75 Å². The Morgan fingerprint density at radius 3 is 2.48 bits per heavy atom. The summed E-state index contributed by atoms with van der Waals surface area (Å²) in [5, 5.41) is 12.2. The molecule has 0 aliphatic carbocycles. The molecular formula is C17H17NO3. The predicted molar refractivity (Wildman–Crippen MR) is 83.8 cm³/mol. The number of benzene rings is 2. The second-order valence-corrected chi connectivity index (χ2v) is 5.48. The van der Waals surface area contributed by atoms with E-state index in [4.69, 9.17) is 4.42 Å². The third kappa shape index (κ3) is 2.17. The summed E-state index contributed by atoms with van der Waals surface area (Å²) >= 11 is 0. The summed E-state index contributed by atoms with van der Waals surface area (Å²) in [5.74, 6) is 0.102. The van der Waals surface area contributed by atoms with Gasteiger partial charge in [-0.15, -0.1) is 0 Å². The van der Waals surface area contributed by atoms with Gasteiger partial charge in [-0.1, -0.05) is 18.2 Å². The van der Waals surface area contributed by atoms with Gasteiger partial charge in [-0.25, -0.2) is 4.79 Å². The van der Waals surface area contributed by atoms with Crippen molar-refractivity contribution in [2.75, 3.05) is 14.1 Å². The maximum atomic E-state index is 12.1. The van der Waals surface area contributed by atoms with Crippen LogP contribution in [0.4, 0.5) is 0 Å². The molecule has 108 valence electrons. The van der Waals surface area contributed by atoms with Crippen LogP contribution in [0, 0.1) is 0 Å². The number of hydrogen-bond acceptors (Lipinski definition) is 4. The summed E-state index contributed by atoms with van der Waals surface area (Å²) in [6.07, 6.45) is 0. The van der Waals surface area contributed by atoms with Gasteiger partial charge in [0.15, 0.2) is 0 Å². The molecule has 0 aliphatic rings. The van der Waals surface area contributed by atoms with Crippen molar-refractivity contribution in [3.63, 3.8) is 0 Å². The van der Waals surface area contributed by atoms with E-state index >= 15 is 0 Å². The molecule has 1 atom stereocenters. The van der Waals surface area contributed by atoms with E-state index in [0.717, 1.165) is 16.3 Å². The first-order valence-electron chi connectivity index (χ1n) is 6.84. The van der Waals surface area contributed by atoms with E-state index in [9.17, 15) is 9.90 Å². The van der Waals surface area contributed by atoms with E-state index in [1.54, 1.807) is 12.1 Å². The highest BCUT2D eigenvalue weighted by Crippen LogP contribution is 2.34. The van der Waals surface area contributed by atoms with Crippen LogP contribution in [0.1, 0.15) is 18.5 Å². The standard InChI is InChI=1S/C17H17NO3/c1-10(18(2)3)14-8-11(19)9-15-16(14)12-6-4-5-7-13(12)17(20)21-15/h4-10,19H,1-3H3/t10-/m1/s1. The molecule has 2 aromatic carbocycles. The molecule has 1 N–H and O–H groups in total. The van der Waals surface area contributed by atoms with Crippen molar-refractivity contribution in [3.8, 4) is 5.75 Å². The second-order valence-electron chi connectivity index (χ2n) is 5.48. The van der Waals surface area contributed by atoms with Crippen molar-refractivity contribution in [3.05, 3.63) is 52.4 Å². The van der Waals surface area contributed by atoms with Gasteiger partial charge < -0.3 is 14.4 Å². The van der Waals surface area contributed by atoms with E-state index in [1.807, 2.05) is 44.1 Å². The molecule has 1 heterocycles. The Morgan fingerprint density at radius 1 is 1.14 bits per heavy atom. The van der Waals surface area contributed by atoms with Crippen LogP contribution >= 0.6 is 0 Å². The Kier molecular flexibility index (Phi) is 3.18. The van der Waals surface area contributed by atoms with E-state index in [1.165, 1.54) is 6.07 Å². The minimum atomic E-state index is -0.382. The maximum Gasteiger partial charge on any atom is 0.344 e. The smallest absolute Gasteiger partial charge is 0.344 e. The quantitative estimate of drug-likeness (QED) is 0.579. The number of nitrogens with zero attached hydrogens (tertiary/aromatic N) is 1. The average Bonchev–Trinajstić information content (AvgIpc) is 2.45. The molecule has 3 rings (SSSR count). The van der Waals surface area contributed by atoms with E-state index in [0.29, 0.717) is 11.0 Å². The molecule has 0 fully saturated rings. The van der Waals surface area contributed by atoms with Crippen molar-refractivity contribution in [1.82, 2.24) is 4.90 Å². The maximum absolute atomic E-state index is 12.1. The molecule has 4 nitrogen and oxygen atoms in total. The zero-order valence-electron chi connectivity index (χ0n) is 12.3. The SMILES string of the molecule is C[C@H](c1cc(O)cc2oc(=O)c3ccccc3c12)N(C)C. The van der Waals surface area contributed by atoms with E-state index < -0.39 is 0 Å². The van der Waals surface area contributed by atoms with Crippen molar-refractivity contribution < 1.29 is 9.52 Å². The summed E-state index contributed by atoms with van der Waals surface area (Å²) < 4.78 is 5.39. The van der Waals surface area contributed by atoms with Crippen molar-refractivity contribution in [1.29, 1.82) is 0 Å². The predicted octanol–water partition coefficient (Wildman–Crippen LogP) is 3.27. The molecule has 0 spiro atoms. The second kappa shape index (κ2) is 4.90. The van der Waals surface area contributed by atoms with Gasteiger partial charge in [0.2, 0.25) is 0 Å². The third-order valence-electron chi connectivity index (χ3n) is 3.96. The first kappa shape index (κ1) is 13.6. The molecule has 3 aromatic rings. The third-order valence-corrected chi connectivity index (χ3v) is 3.96. The van der Waals surface area contributed by atoms with Crippen molar-refractivity contribution >= 4 is 21.7 Å². The lowest BCUT2D eigenvalue weighted by Gasteiger charge is -2.22. The van der Waals surface area contributed by atoms with Crippen LogP contribution in [0.15, 0.2) is 45.6 Å². The molecule has 0 radical (unpaired) electrons. The largest absolute Gasteiger partial charge is 0.508 e. The summed E-state index contributed by atoms with van der Waals surface area (Å²) in [4.78, 5) is 14.1. The summed E-state index contributed by atoms with van der Waals surface area (Å²) in [7, 11) is 3.95. The first-order valence-corrected chi connectivity index (χ1v) is 6.84. The first-order chi connectivity index (χ1) is 9.99. The topological polar surface area (TPSA) is 53.7 Å². The molecule has 0 saturated carbocycles. The molecular weight excluding hydrogens is 266 g/mol. The number of aromatic hydroxyl groups is 1. The fraction of sp³-hybridized carbons (Fsp3) is 0.235. The number of fused-ring (bicyclic) bond motifs is 3. The molecule has 0 amide bonds. The molecule has 0 bridgehead atoms. The molecule has 1 aromatic heterocycles. The number of phenolic OH excluding ortho intramolecular Hbond substituents is 1. The van der Waals surface area contributed by atoms with Gasteiger partial charge in [-0.3, -0.25) is 0 Å². The Hall–Kier alpha value is -2.33. The Morgan fingerprint density at radius 2 is 1.81 bits per heavy atom. The Balaban J connectivity index is 2.53. The van der Waals surface area contributed by atoms with Crippen molar-refractivity contribution in [2.45, 2.75) is 13.0 Å². The summed E-state index contributed by atoms with van der Waals surface area (Å²) in [6.45, 7) is 2.05.